The van der Waals surface area contributed by atoms with E-state index in [1.807, 2.05) is 12.1 Å². The van der Waals surface area contributed by atoms with Crippen LogP contribution in [0.2, 0.25) is 0 Å². The van der Waals surface area contributed by atoms with Crippen LogP contribution in [0, 0.1) is 0 Å². The molecule has 0 spiro atoms. The quantitative estimate of drug-likeness (QED) is 0.682. The first-order chi connectivity index (χ1) is 12.2. The first-order valence-electron chi connectivity index (χ1n) is 7.93. The summed E-state index contributed by atoms with van der Waals surface area (Å²) in [6.45, 7) is 0.711. The van der Waals surface area contributed by atoms with Gasteiger partial charge in [0.25, 0.3) is 0 Å². The van der Waals surface area contributed by atoms with Crippen LogP contribution in [0.15, 0.2) is 48.7 Å². The number of fused-ring (bicyclic) bond motifs is 1. The molecule has 0 fully saturated rings. The molecule has 0 saturated heterocycles. The number of phenols is 2. The number of rotatable bonds is 3. The van der Waals surface area contributed by atoms with Crippen LogP contribution in [-0.4, -0.2) is 33.8 Å². The molecule has 0 bridgehead atoms. The van der Waals surface area contributed by atoms with Gasteiger partial charge in [0.15, 0.2) is 11.5 Å². The van der Waals surface area contributed by atoms with E-state index in [-0.39, 0.29) is 17.4 Å². The summed E-state index contributed by atoms with van der Waals surface area (Å²) in [5, 5.41) is 22.5. The summed E-state index contributed by atoms with van der Waals surface area (Å²) in [4.78, 5) is 9.26. The number of methoxy groups -OCH3 is 1. The van der Waals surface area contributed by atoms with Gasteiger partial charge in [0.2, 0.25) is 0 Å². The van der Waals surface area contributed by atoms with Crippen molar-refractivity contribution in [1.29, 1.82) is 0 Å². The van der Waals surface area contributed by atoms with E-state index in [0.29, 0.717) is 18.0 Å². The van der Waals surface area contributed by atoms with Gasteiger partial charge in [-0.2, -0.15) is 0 Å². The number of ether oxygens (including phenoxy) is 1. The molecule has 0 amide bonds. The van der Waals surface area contributed by atoms with E-state index >= 15 is 0 Å². The maximum absolute atomic E-state index is 9.76. The molecule has 3 aromatic rings. The van der Waals surface area contributed by atoms with Crippen molar-refractivity contribution in [2.45, 2.75) is 5.92 Å². The smallest absolute Gasteiger partial charge is 0.161 e. The third-order valence-electron chi connectivity index (χ3n) is 4.37. The van der Waals surface area contributed by atoms with Gasteiger partial charge in [-0.15, -0.1) is 0 Å². The highest BCUT2D eigenvalue weighted by molar-refractivity contribution is 5.65. The Morgan fingerprint density at radius 1 is 1.12 bits per heavy atom. The van der Waals surface area contributed by atoms with Crippen molar-refractivity contribution in [3.63, 3.8) is 0 Å². The van der Waals surface area contributed by atoms with Crippen molar-refractivity contribution >= 4 is 5.82 Å². The molecule has 1 atom stereocenters. The maximum Gasteiger partial charge on any atom is 0.161 e. The Labute approximate surface area is 144 Å². The second-order valence-corrected chi connectivity index (χ2v) is 5.90. The van der Waals surface area contributed by atoms with Gasteiger partial charge < -0.3 is 20.3 Å². The van der Waals surface area contributed by atoms with Crippen molar-refractivity contribution in [3.05, 3.63) is 59.9 Å². The van der Waals surface area contributed by atoms with Crippen LogP contribution in [0.3, 0.4) is 0 Å². The Morgan fingerprint density at radius 2 is 1.92 bits per heavy atom. The molecule has 1 unspecified atom stereocenters. The Morgan fingerprint density at radius 3 is 2.68 bits per heavy atom. The third kappa shape index (κ3) is 2.71. The highest BCUT2D eigenvalue weighted by Crippen LogP contribution is 2.36. The highest BCUT2D eigenvalue weighted by Gasteiger charge is 2.27. The molecule has 0 saturated carbocycles. The largest absolute Gasteiger partial charge is 0.508 e. The molecule has 2 heterocycles. The summed E-state index contributed by atoms with van der Waals surface area (Å²) < 4.78 is 5.17. The lowest BCUT2D eigenvalue weighted by molar-refractivity contribution is 0.373. The first kappa shape index (κ1) is 15.3. The van der Waals surface area contributed by atoms with E-state index < -0.39 is 0 Å². The number of nitrogens with one attached hydrogen (secondary N) is 1. The minimum Gasteiger partial charge on any atom is -0.508 e. The molecule has 126 valence electrons. The number of nitrogens with zero attached hydrogens (tertiary/aromatic N) is 2. The van der Waals surface area contributed by atoms with Crippen LogP contribution >= 0.6 is 0 Å². The van der Waals surface area contributed by atoms with Gasteiger partial charge in [0.05, 0.1) is 24.7 Å². The zero-order valence-corrected chi connectivity index (χ0v) is 13.6. The Bertz CT molecular complexity index is 926. The van der Waals surface area contributed by atoms with Crippen molar-refractivity contribution in [2.75, 3.05) is 19.0 Å². The van der Waals surface area contributed by atoms with Gasteiger partial charge in [0.1, 0.15) is 11.6 Å². The summed E-state index contributed by atoms with van der Waals surface area (Å²) in [5.41, 5.74) is 3.47. The van der Waals surface area contributed by atoms with Crippen molar-refractivity contribution in [1.82, 2.24) is 9.97 Å². The molecule has 2 aromatic carbocycles. The summed E-state index contributed by atoms with van der Waals surface area (Å²) in [5.74, 6) is 1.57. The van der Waals surface area contributed by atoms with Crippen LogP contribution in [0.4, 0.5) is 5.82 Å². The lowest BCUT2D eigenvalue weighted by atomic mass is 9.97. The monoisotopic (exact) mass is 335 g/mol. The molecule has 6 nitrogen and oxygen atoms in total. The fourth-order valence-electron chi connectivity index (χ4n) is 3.04. The summed E-state index contributed by atoms with van der Waals surface area (Å²) in [7, 11) is 1.51. The second kappa shape index (κ2) is 5.98. The van der Waals surface area contributed by atoms with E-state index in [0.717, 1.165) is 22.6 Å². The number of hydrogen-bond donors (Lipinski definition) is 3. The third-order valence-corrected chi connectivity index (χ3v) is 4.37. The number of phenolic OH excluding ortho intramolecular Hbond substituents is 2. The molecule has 3 N–H and O–H groups in total. The van der Waals surface area contributed by atoms with Gasteiger partial charge >= 0.3 is 0 Å². The average Bonchev–Trinajstić information content (AvgIpc) is 3.06. The Balaban J connectivity index is 1.74. The fourth-order valence-corrected chi connectivity index (χ4v) is 3.04. The fraction of sp³-hybridized carbons (Fsp3) is 0.158. The summed E-state index contributed by atoms with van der Waals surface area (Å²) in [6, 6.07) is 12.3. The SMILES string of the molecule is COc1cc(-c2cnc3c(n2)C(c2ccc(O)cc2)CN3)ccc1O. The molecule has 1 aromatic heterocycles. The highest BCUT2D eigenvalue weighted by atomic mass is 16.5. The summed E-state index contributed by atoms with van der Waals surface area (Å²) in [6.07, 6.45) is 1.71. The molecule has 0 radical (unpaired) electrons. The Hall–Kier alpha value is -3.28. The molecule has 4 rings (SSSR count). The lowest BCUT2D eigenvalue weighted by Crippen LogP contribution is -2.04. The van der Waals surface area contributed by atoms with Crippen LogP contribution in [-0.2, 0) is 0 Å². The molecular formula is C19H17N3O3. The normalized spacial score (nSPS) is 15.5. The van der Waals surface area contributed by atoms with Gasteiger partial charge in [0, 0.05) is 18.0 Å². The van der Waals surface area contributed by atoms with Crippen molar-refractivity contribution in [3.8, 4) is 28.5 Å². The minimum absolute atomic E-state index is 0.0714. The van der Waals surface area contributed by atoms with Gasteiger partial charge in [-0.1, -0.05) is 12.1 Å². The maximum atomic E-state index is 9.76. The van der Waals surface area contributed by atoms with Crippen LogP contribution in [0.5, 0.6) is 17.2 Å². The lowest BCUT2D eigenvalue weighted by Gasteiger charge is -2.11. The minimum atomic E-state index is 0.0714. The predicted octanol–water partition coefficient (Wildman–Crippen LogP) is 3.12. The number of hydrogen-bond acceptors (Lipinski definition) is 6. The Kier molecular flexibility index (Phi) is 3.65. The van der Waals surface area contributed by atoms with Crippen LogP contribution < -0.4 is 10.1 Å². The van der Waals surface area contributed by atoms with Gasteiger partial charge in [-0.25, -0.2) is 9.97 Å². The van der Waals surface area contributed by atoms with Gasteiger partial charge in [-0.05, 0) is 35.9 Å². The van der Waals surface area contributed by atoms with Crippen molar-refractivity contribution < 1.29 is 14.9 Å². The summed E-state index contributed by atoms with van der Waals surface area (Å²) >= 11 is 0. The number of anilines is 1. The topological polar surface area (TPSA) is 87.5 Å². The number of aromatic nitrogens is 2. The average molecular weight is 335 g/mol. The van der Waals surface area contributed by atoms with E-state index in [1.165, 1.54) is 7.11 Å². The molecule has 0 aliphatic carbocycles. The zero-order valence-electron chi connectivity index (χ0n) is 13.6. The van der Waals surface area contributed by atoms with Crippen LogP contribution in [0.25, 0.3) is 11.3 Å². The standard InChI is InChI=1S/C19H17N3O3/c1-25-17-8-12(4-7-16(17)24)15-10-21-19-18(22-15)14(9-20-19)11-2-5-13(23)6-3-11/h2-8,10,14,23-24H,9H2,1H3,(H,20,21). The second-order valence-electron chi connectivity index (χ2n) is 5.90. The van der Waals surface area contributed by atoms with E-state index in [9.17, 15) is 10.2 Å². The van der Waals surface area contributed by atoms with Crippen LogP contribution in [0.1, 0.15) is 17.2 Å². The molecule has 25 heavy (non-hydrogen) atoms. The number of aromatic hydroxyl groups is 2. The zero-order chi connectivity index (χ0) is 17.4. The van der Waals surface area contributed by atoms with Crippen molar-refractivity contribution in [2.24, 2.45) is 0 Å². The first-order valence-corrected chi connectivity index (χ1v) is 7.93. The molecule has 1 aliphatic heterocycles. The van der Waals surface area contributed by atoms with E-state index in [4.69, 9.17) is 9.72 Å². The molecule has 1 aliphatic rings. The van der Waals surface area contributed by atoms with Gasteiger partial charge in [-0.3, -0.25) is 0 Å². The molecular weight excluding hydrogens is 318 g/mol. The predicted molar refractivity (Wildman–Crippen MR) is 94.1 cm³/mol. The number of benzene rings is 2. The molecule has 6 heteroatoms. The van der Waals surface area contributed by atoms with E-state index in [2.05, 4.69) is 10.3 Å². The van der Waals surface area contributed by atoms with E-state index in [1.54, 1.807) is 36.5 Å².